The zero-order chi connectivity index (χ0) is 31.8. The number of aliphatic hydroxyl groups is 3. The molecule has 13 nitrogen and oxygen atoms in total. The van der Waals surface area contributed by atoms with Crippen molar-refractivity contribution in [1.82, 2.24) is 15.1 Å². The number of phenols is 1. The summed E-state index contributed by atoms with van der Waals surface area (Å²) in [5, 5.41) is 49.0. The van der Waals surface area contributed by atoms with Crippen LogP contribution in [-0.2, 0) is 22.6 Å². The Morgan fingerprint density at radius 2 is 1.86 bits per heavy atom. The van der Waals surface area contributed by atoms with Gasteiger partial charge in [-0.3, -0.25) is 24.2 Å². The van der Waals surface area contributed by atoms with E-state index in [0.29, 0.717) is 11.9 Å². The number of nitrogens with one attached hydrogen (secondary N) is 1. The van der Waals surface area contributed by atoms with Crippen LogP contribution in [0, 0.1) is 11.8 Å². The molecule has 6 rings (SSSR count). The van der Waals surface area contributed by atoms with Gasteiger partial charge in [-0.1, -0.05) is 12.1 Å². The smallest absolute Gasteiger partial charge is 0.412 e. The Balaban J connectivity index is 1.56. The second-order valence-corrected chi connectivity index (χ2v) is 12.1. The number of carbonyl (C=O) groups is 4. The van der Waals surface area contributed by atoms with Crippen LogP contribution in [0.15, 0.2) is 40.9 Å². The lowest BCUT2D eigenvalue weighted by Gasteiger charge is -2.50. The van der Waals surface area contributed by atoms with Gasteiger partial charge in [0.05, 0.1) is 11.6 Å². The average molecular weight is 607 g/mol. The van der Waals surface area contributed by atoms with Crippen LogP contribution >= 0.6 is 0 Å². The normalized spacial score (nSPS) is 26.7. The number of ether oxygens (including phenoxy) is 1. The molecule has 0 bridgehead atoms. The number of aromatic hydroxyl groups is 1. The lowest BCUT2D eigenvalue weighted by atomic mass is 9.58. The van der Waals surface area contributed by atoms with Crippen LogP contribution < -0.4 is 15.8 Å². The highest BCUT2D eigenvalue weighted by molar-refractivity contribution is 6.25. The predicted octanol–water partition coefficient (Wildman–Crippen LogP) is 1.20. The molecular weight excluding hydrogens is 572 g/mol. The van der Waals surface area contributed by atoms with Gasteiger partial charge in [-0.05, 0) is 64.0 Å². The number of phenolic OH excluding ortho intramolecular Hbond substituents is 1. The Morgan fingerprint density at radius 3 is 2.45 bits per heavy atom. The monoisotopic (exact) mass is 606 g/mol. The lowest BCUT2D eigenvalue weighted by Crippen LogP contribution is -2.63. The molecule has 0 aromatic heterocycles. The van der Waals surface area contributed by atoms with Crippen molar-refractivity contribution < 1.29 is 44.3 Å². The summed E-state index contributed by atoms with van der Waals surface area (Å²) >= 11 is 0. The fraction of sp³-hybridized carbons (Fsp3) is 0.419. The van der Waals surface area contributed by atoms with E-state index in [4.69, 9.17) is 10.5 Å². The van der Waals surface area contributed by atoms with Crippen molar-refractivity contribution in [3.63, 3.8) is 0 Å². The number of aliphatic hydroxyl groups excluding tert-OH is 2. The highest BCUT2D eigenvalue weighted by atomic mass is 16.6. The summed E-state index contributed by atoms with van der Waals surface area (Å²) in [7, 11) is 4.50. The molecular formula is C31H34N4O9. The third kappa shape index (κ3) is 4.10. The van der Waals surface area contributed by atoms with Crippen molar-refractivity contribution >= 4 is 34.3 Å². The number of fused-ring (bicyclic) bond motifs is 4. The van der Waals surface area contributed by atoms with Gasteiger partial charge in [0.15, 0.2) is 11.4 Å². The highest BCUT2D eigenvalue weighted by Crippen LogP contribution is 2.54. The van der Waals surface area contributed by atoms with Crippen molar-refractivity contribution in [1.29, 1.82) is 0 Å². The summed E-state index contributed by atoms with van der Waals surface area (Å²) in [6.45, 7) is 2.49. The van der Waals surface area contributed by atoms with Crippen molar-refractivity contribution in [2.75, 3.05) is 34.2 Å². The summed E-state index contributed by atoms with van der Waals surface area (Å²) in [5.41, 5.74) is 2.36. The number of likely N-dealkylation sites (tertiary alicyclic amines) is 1. The molecule has 0 saturated carbocycles. The van der Waals surface area contributed by atoms with Gasteiger partial charge in [0.1, 0.15) is 28.6 Å². The molecule has 1 heterocycles. The minimum absolute atomic E-state index is 0.0140. The fourth-order valence-corrected chi connectivity index (χ4v) is 7.28. The van der Waals surface area contributed by atoms with E-state index in [1.165, 1.54) is 11.9 Å². The molecule has 0 radical (unpaired) electrons. The van der Waals surface area contributed by atoms with Gasteiger partial charge < -0.3 is 36.2 Å². The van der Waals surface area contributed by atoms with Gasteiger partial charge in [-0.2, -0.15) is 0 Å². The maximum absolute atomic E-state index is 14.2. The fourth-order valence-electron chi connectivity index (χ4n) is 7.28. The number of hydrogen-bond acceptors (Lipinski definition) is 11. The molecule has 7 N–H and O–H groups in total. The number of allylic oxidation sites excluding steroid dienone is 1. The first-order valence-corrected chi connectivity index (χ1v) is 14.4. The van der Waals surface area contributed by atoms with Crippen LogP contribution in [0.2, 0.25) is 0 Å². The Bertz CT molecular complexity index is 1720. The number of rotatable bonds is 5. The van der Waals surface area contributed by atoms with Gasteiger partial charge in [0, 0.05) is 41.4 Å². The van der Waals surface area contributed by atoms with Gasteiger partial charge >= 0.3 is 6.09 Å². The average Bonchev–Trinajstić information content (AvgIpc) is 2.94. The lowest BCUT2D eigenvalue weighted by molar-refractivity contribution is -0.148. The predicted molar refractivity (Wildman–Crippen MR) is 156 cm³/mol. The summed E-state index contributed by atoms with van der Waals surface area (Å²) in [5.74, 6) is -7.37. The molecule has 4 aliphatic rings. The van der Waals surface area contributed by atoms with Crippen molar-refractivity contribution in [2.45, 2.75) is 37.5 Å². The Kier molecular flexibility index (Phi) is 6.94. The first kappa shape index (κ1) is 29.6. The molecule has 0 spiro atoms. The molecule has 1 saturated heterocycles. The van der Waals surface area contributed by atoms with E-state index in [1.807, 2.05) is 6.07 Å². The maximum Gasteiger partial charge on any atom is 0.412 e. The summed E-state index contributed by atoms with van der Waals surface area (Å²) in [6, 6.07) is 4.20. The second-order valence-electron chi connectivity index (χ2n) is 12.1. The summed E-state index contributed by atoms with van der Waals surface area (Å²) < 4.78 is 5.69. The van der Waals surface area contributed by atoms with Crippen LogP contribution in [0.4, 0.5) is 4.79 Å². The molecule has 44 heavy (non-hydrogen) atoms. The van der Waals surface area contributed by atoms with Crippen LogP contribution in [0.1, 0.15) is 34.3 Å². The number of nitrogens with zero attached hydrogens (tertiary/aromatic N) is 2. The van der Waals surface area contributed by atoms with E-state index >= 15 is 0 Å². The molecule has 0 unspecified atom stereocenters. The molecule has 232 valence electrons. The van der Waals surface area contributed by atoms with E-state index in [0.717, 1.165) is 25.1 Å². The number of benzene rings is 2. The minimum atomic E-state index is -2.75. The van der Waals surface area contributed by atoms with Crippen LogP contribution in [0.5, 0.6) is 11.5 Å². The quantitative estimate of drug-likeness (QED) is 0.267. The van der Waals surface area contributed by atoms with E-state index in [2.05, 4.69) is 10.2 Å². The molecule has 4 atom stereocenters. The number of carbonyl (C=O) groups excluding carboxylic acids is 4. The maximum atomic E-state index is 14.2. The Morgan fingerprint density at radius 1 is 1.16 bits per heavy atom. The topological polar surface area (TPSA) is 203 Å². The zero-order valence-corrected chi connectivity index (χ0v) is 24.5. The van der Waals surface area contributed by atoms with Crippen LogP contribution in [-0.4, -0.2) is 99.7 Å². The summed E-state index contributed by atoms with van der Waals surface area (Å²) in [4.78, 5) is 56.2. The Labute approximate surface area is 252 Å². The number of nitrogens with two attached hydrogens (primary N) is 1. The van der Waals surface area contributed by atoms with Crippen LogP contribution in [0.25, 0.3) is 10.8 Å². The molecule has 2 amide bonds. The van der Waals surface area contributed by atoms with E-state index in [9.17, 15) is 39.6 Å². The van der Waals surface area contributed by atoms with E-state index < -0.39 is 64.1 Å². The number of primary amides is 1. The molecule has 3 aliphatic carbocycles. The first-order chi connectivity index (χ1) is 20.8. The van der Waals surface area contributed by atoms with Gasteiger partial charge in [0.25, 0.3) is 5.91 Å². The zero-order valence-electron chi connectivity index (χ0n) is 24.5. The first-order valence-electron chi connectivity index (χ1n) is 14.4. The van der Waals surface area contributed by atoms with Gasteiger partial charge in [-0.25, -0.2) is 4.79 Å². The Hall–Kier alpha value is -4.46. The van der Waals surface area contributed by atoms with E-state index in [1.54, 1.807) is 26.2 Å². The largest absolute Gasteiger partial charge is 0.510 e. The highest BCUT2D eigenvalue weighted by Gasteiger charge is 2.63. The van der Waals surface area contributed by atoms with Crippen LogP contribution in [0.3, 0.4) is 0 Å². The standard InChI is InChI=1S/C31H34N4O9/c1-33-30(42)44-26-15-6-5-13(12-35-7-4-8-35)9-16(15)23(36)20-17(26)10-14-11-18-22(34(2)3)25(38)21(29(32)41)28(40)31(18,43)27(39)19(14)24(20)37/h5-6,9,14,18,22,36,38-39,43H,4,7-8,10-12H2,1-3H3,(H2,32,41)(H,33,42)/t14-,18-,22-,31-/m0/s1. The molecule has 13 heteroatoms. The van der Waals surface area contributed by atoms with Crippen molar-refractivity contribution in [3.05, 3.63) is 57.6 Å². The minimum Gasteiger partial charge on any atom is -0.510 e. The van der Waals surface area contributed by atoms with Gasteiger partial charge in [0.2, 0.25) is 5.78 Å². The number of hydrogen-bond donors (Lipinski definition) is 6. The number of Topliss-reactive ketones (excluding diaryl/α,β-unsaturated/α-hetero) is 2. The third-order valence-electron chi connectivity index (χ3n) is 9.47. The molecule has 1 fully saturated rings. The molecule has 2 aromatic rings. The molecule has 1 aliphatic heterocycles. The second kappa shape index (κ2) is 10.3. The SMILES string of the molecule is CNC(=O)Oc1c2c(c(O)c3cc(CN4CCC4)ccc13)C(=O)C1=C(O)[C@]3(O)C(=O)C(C(N)=O)=C(O)[C@@H](N(C)C)[C@@H]3C[C@@H]1C2. The number of likely N-dealkylation sites (N-methyl/N-ethyl adjacent to an activating group) is 1. The van der Waals surface area contributed by atoms with Crippen molar-refractivity contribution in [3.8, 4) is 11.5 Å². The van der Waals surface area contributed by atoms with E-state index in [-0.39, 0.29) is 46.4 Å². The van der Waals surface area contributed by atoms with Gasteiger partial charge in [-0.15, -0.1) is 0 Å². The summed E-state index contributed by atoms with van der Waals surface area (Å²) in [6.07, 6.45) is 0.197. The number of amides is 2. The van der Waals surface area contributed by atoms with Crippen molar-refractivity contribution in [2.24, 2.45) is 17.6 Å². The number of ketones is 2. The third-order valence-corrected chi connectivity index (χ3v) is 9.47. The molecule has 2 aromatic carbocycles.